The number of aryl methyl sites for hydroxylation is 2. The van der Waals surface area contributed by atoms with Gasteiger partial charge in [0.25, 0.3) is 0 Å². The fraction of sp³-hybridized carbons (Fsp3) is 0.267. The van der Waals surface area contributed by atoms with Crippen LogP contribution >= 0.6 is 22.9 Å². The van der Waals surface area contributed by atoms with E-state index >= 15 is 0 Å². The summed E-state index contributed by atoms with van der Waals surface area (Å²) in [4.78, 5) is 6.74. The molecule has 0 radical (unpaired) electrons. The molecule has 0 spiro atoms. The third kappa shape index (κ3) is 2.30. The van der Waals surface area contributed by atoms with Gasteiger partial charge < -0.3 is 10.3 Å². The van der Waals surface area contributed by atoms with E-state index in [0.29, 0.717) is 11.5 Å². The molecule has 0 fully saturated rings. The molecule has 1 atom stereocenters. The van der Waals surface area contributed by atoms with Gasteiger partial charge in [-0.2, -0.15) is 0 Å². The summed E-state index contributed by atoms with van der Waals surface area (Å²) in [7, 11) is 0. The lowest BCUT2D eigenvalue weighted by Crippen LogP contribution is -2.10. The topological polar surface area (TPSA) is 43.8 Å². The van der Waals surface area contributed by atoms with Gasteiger partial charge in [0.2, 0.25) is 5.95 Å². The predicted octanol–water partition coefficient (Wildman–Crippen LogP) is 4.70. The minimum Gasteiger partial charge on any atom is -0.369 e. The van der Waals surface area contributed by atoms with Gasteiger partial charge in [0.15, 0.2) is 0 Å². The van der Waals surface area contributed by atoms with Gasteiger partial charge in [-0.15, -0.1) is 11.3 Å². The summed E-state index contributed by atoms with van der Waals surface area (Å²) in [5.74, 6) is -0.119. The van der Waals surface area contributed by atoms with Crippen LogP contribution in [0.4, 0.5) is 10.3 Å². The first-order chi connectivity index (χ1) is 9.88. The molecular weight excluding hydrogens is 309 g/mol. The number of nitrogens with two attached hydrogens (primary N) is 1. The minimum atomic E-state index is -0.482. The Morgan fingerprint density at radius 2 is 2.05 bits per heavy atom. The standard InChI is InChI=1S/C15H15ClFN3S/c1-7-4-10(9(3)21-7)8(2)20-14-5-11(16)12(17)6-13(14)19-15(20)18/h4-6,8H,1-3H3,(H2,18,19). The maximum atomic E-state index is 13.6. The number of rotatable bonds is 2. The van der Waals surface area contributed by atoms with Gasteiger partial charge in [-0.25, -0.2) is 9.37 Å². The van der Waals surface area contributed by atoms with Gasteiger partial charge in [0.1, 0.15) is 5.82 Å². The number of anilines is 1. The molecule has 0 aliphatic rings. The molecule has 0 amide bonds. The Labute approximate surface area is 131 Å². The number of hydrogen-bond acceptors (Lipinski definition) is 3. The smallest absolute Gasteiger partial charge is 0.201 e. The fourth-order valence-corrected chi connectivity index (χ4v) is 3.89. The molecule has 2 N–H and O–H groups in total. The second-order valence-corrected chi connectivity index (χ2v) is 7.01. The first kappa shape index (κ1) is 14.4. The number of aromatic nitrogens is 2. The van der Waals surface area contributed by atoms with Crippen LogP contribution in [-0.2, 0) is 0 Å². The van der Waals surface area contributed by atoms with Crippen molar-refractivity contribution in [3.8, 4) is 0 Å². The molecule has 110 valence electrons. The van der Waals surface area contributed by atoms with Crippen molar-refractivity contribution in [2.24, 2.45) is 0 Å². The van der Waals surface area contributed by atoms with Crippen molar-refractivity contribution in [1.82, 2.24) is 9.55 Å². The highest BCUT2D eigenvalue weighted by molar-refractivity contribution is 7.12. The molecule has 0 aliphatic carbocycles. The maximum absolute atomic E-state index is 13.6. The third-order valence-electron chi connectivity index (χ3n) is 3.68. The van der Waals surface area contributed by atoms with Crippen LogP contribution in [-0.4, -0.2) is 9.55 Å². The molecule has 0 saturated heterocycles. The zero-order valence-corrected chi connectivity index (χ0v) is 13.5. The normalized spacial score (nSPS) is 13.0. The quantitative estimate of drug-likeness (QED) is 0.743. The highest BCUT2D eigenvalue weighted by Crippen LogP contribution is 2.34. The average Bonchev–Trinajstić information content (AvgIpc) is 2.89. The van der Waals surface area contributed by atoms with Gasteiger partial charge in [-0.3, -0.25) is 0 Å². The maximum Gasteiger partial charge on any atom is 0.201 e. The van der Waals surface area contributed by atoms with E-state index in [0.717, 1.165) is 5.52 Å². The summed E-state index contributed by atoms with van der Waals surface area (Å²) in [5, 5.41) is 0.0778. The summed E-state index contributed by atoms with van der Waals surface area (Å²) >= 11 is 7.65. The number of nitrogens with zero attached hydrogens (tertiary/aromatic N) is 2. The average molecular weight is 324 g/mol. The van der Waals surface area contributed by atoms with E-state index in [1.54, 1.807) is 17.4 Å². The number of halogens is 2. The largest absolute Gasteiger partial charge is 0.369 e. The molecule has 3 nitrogen and oxygen atoms in total. The van der Waals surface area contributed by atoms with Crippen molar-refractivity contribution in [2.45, 2.75) is 26.8 Å². The molecule has 6 heteroatoms. The second-order valence-electron chi connectivity index (χ2n) is 5.14. The van der Waals surface area contributed by atoms with Gasteiger partial charge >= 0.3 is 0 Å². The van der Waals surface area contributed by atoms with E-state index in [1.165, 1.54) is 21.4 Å². The Morgan fingerprint density at radius 1 is 1.33 bits per heavy atom. The molecule has 1 aromatic carbocycles. The Bertz CT molecular complexity index is 837. The van der Waals surface area contributed by atoms with Crippen molar-refractivity contribution >= 4 is 39.9 Å². The monoisotopic (exact) mass is 323 g/mol. The van der Waals surface area contributed by atoms with Crippen molar-refractivity contribution < 1.29 is 4.39 Å². The lowest BCUT2D eigenvalue weighted by molar-refractivity contribution is 0.629. The SMILES string of the molecule is Cc1cc(C(C)n2c(N)nc3cc(F)c(Cl)cc32)c(C)s1. The van der Waals surface area contributed by atoms with E-state index in [1.807, 2.05) is 4.57 Å². The summed E-state index contributed by atoms with van der Waals surface area (Å²) < 4.78 is 15.5. The van der Waals surface area contributed by atoms with Gasteiger partial charge in [-0.1, -0.05) is 11.6 Å². The third-order valence-corrected chi connectivity index (χ3v) is 4.95. The van der Waals surface area contributed by atoms with Crippen LogP contribution in [0.5, 0.6) is 0 Å². The highest BCUT2D eigenvalue weighted by atomic mass is 35.5. The zero-order valence-electron chi connectivity index (χ0n) is 11.9. The molecule has 2 aromatic heterocycles. The van der Waals surface area contributed by atoms with Crippen molar-refractivity contribution in [3.05, 3.63) is 44.4 Å². The molecule has 0 saturated carbocycles. The van der Waals surface area contributed by atoms with E-state index in [2.05, 4.69) is 31.8 Å². The minimum absolute atomic E-state index is 0.0153. The number of benzene rings is 1. The van der Waals surface area contributed by atoms with Crippen LogP contribution in [0, 0.1) is 19.7 Å². The van der Waals surface area contributed by atoms with Crippen LogP contribution in [0.2, 0.25) is 5.02 Å². The highest BCUT2D eigenvalue weighted by Gasteiger charge is 2.19. The Morgan fingerprint density at radius 3 is 2.67 bits per heavy atom. The first-order valence-corrected chi connectivity index (χ1v) is 7.77. The lowest BCUT2D eigenvalue weighted by atomic mass is 10.1. The molecule has 0 bridgehead atoms. The number of nitrogen functional groups attached to an aromatic ring is 1. The van der Waals surface area contributed by atoms with Gasteiger partial charge in [-0.05, 0) is 38.5 Å². The van der Waals surface area contributed by atoms with Gasteiger partial charge in [0.05, 0.1) is 22.1 Å². The molecule has 21 heavy (non-hydrogen) atoms. The van der Waals surface area contributed by atoms with Crippen molar-refractivity contribution in [3.63, 3.8) is 0 Å². The number of fused-ring (bicyclic) bond motifs is 1. The molecule has 1 unspecified atom stereocenters. The number of imidazole rings is 1. The first-order valence-electron chi connectivity index (χ1n) is 6.58. The molecule has 2 heterocycles. The van der Waals surface area contributed by atoms with Crippen LogP contribution in [0.3, 0.4) is 0 Å². The molecular formula is C15H15ClFN3S. The Kier molecular flexibility index (Phi) is 3.42. The summed E-state index contributed by atoms with van der Waals surface area (Å²) in [5.41, 5.74) is 8.50. The van der Waals surface area contributed by atoms with E-state index in [-0.39, 0.29) is 11.1 Å². The predicted molar refractivity (Wildman–Crippen MR) is 86.7 cm³/mol. The summed E-state index contributed by atoms with van der Waals surface area (Å²) in [6.07, 6.45) is 0. The van der Waals surface area contributed by atoms with Crippen molar-refractivity contribution in [2.75, 3.05) is 5.73 Å². The van der Waals surface area contributed by atoms with Crippen LogP contribution in [0.25, 0.3) is 11.0 Å². The number of thiophene rings is 1. The molecule has 0 aliphatic heterocycles. The fourth-order valence-electron chi connectivity index (χ4n) is 2.72. The van der Waals surface area contributed by atoms with E-state index in [4.69, 9.17) is 17.3 Å². The molecule has 3 aromatic rings. The summed E-state index contributed by atoms with van der Waals surface area (Å²) in [6, 6.07) is 5.08. The van der Waals surface area contributed by atoms with Crippen LogP contribution in [0.1, 0.15) is 28.3 Å². The number of hydrogen-bond donors (Lipinski definition) is 1. The zero-order chi connectivity index (χ0) is 15.3. The lowest BCUT2D eigenvalue weighted by Gasteiger charge is -2.16. The van der Waals surface area contributed by atoms with Crippen LogP contribution < -0.4 is 5.73 Å². The van der Waals surface area contributed by atoms with Crippen LogP contribution in [0.15, 0.2) is 18.2 Å². The van der Waals surface area contributed by atoms with Gasteiger partial charge in [0, 0.05) is 15.8 Å². The Balaban J connectivity index is 2.22. The molecule has 3 rings (SSSR count). The van der Waals surface area contributed by atoms with Crippen molar-refractivity contribution in [1.29, 1.82) is 0 Å². The Hall–Kier alpha value is -1.59. The summed E-state index contributed by atoms with van der Waals surface area (Å²) in [6.45, 7) is 6.23. The van der Waals surface area contributed by atoms with E-state index in [9.17, 15) is 4.39 Å². The van der Waals surface area contributed by atoms with E-state index < -0.39 is 5.82 Å². The second kappa shape index (κ2) is 5.00.